The van der Waals surface area contributed by atoms with Crippen molar-refractivity contribution in [3.8, 4) is 0 Å². The molecular weight excluding hydrogens is 329 g/mol. The summed E-state index contributed by atoms with van der Waals surface area (Å²) in [6.45, 7) is 0. The fraction of sp³-hybridized carbons (Fsp3) is 0. The minimum absolute atomic E-state index is 0.0943. The minimum Gasteiger partial charge on any atom is -0.422 e. The zero-order valence-corrected chi connectivity index (χ0v) is 13.0. The van der Waals surface area contributed by atoms with Crippen LogP contribution in [0.3, 0.4) is 0 Å². The molecule has 0 aliphatic carbocycles. The molecule has 0 unspecified atom stereocenters. The maximum Gasteiger partial charge on any atom is 0.345 e. The number of fused-ring (bicyclic) bond motifs is 3. The van der Waals surface area contributed by atoms with E-state index in [1.165, 1.54) is 29.5 Å². The molecule has 2 aromatic carbocycles. The summed E-state index contributed by atoms with van der Waals surface area (Å²) < 4.78 is 19.6. The average molecular weight is 339 g/mol. The Morgan fingerprint density at radius 3 is 2.62 bits per heavy atom. The van der Waals surface area contributed by atoms with E-state index >= 15 is 0 Å². The Balaban J connectivity index is 1.82. The first-order valence-electron chi connectivity index (χ1n) is 7.15. The third kappa shape index (κ3) is 2.37. The second kappa shape index (κ2) is 5.58. The molecule has 0 atom stereocenters. The van der Waals surface area contributed by atoms with Gasteiger partial charge in [0, 0.05) is 5.39 Å². The van der Waals surface area contributed by atoms with Gasteiger partial charge >= 0.3 is 5.63 Å². The lowest BCUT2D eigenvalue weighted by Gasteiger charge is -2.03. The van der Waals surface area contributed by atoms with Crippen molar-refractivity contribution in [3.05, 3.63) is 75.7 Å². The maximum atomic E-state index is 13.7. The van der Waals surface area contributed by atoms with Crippen LogP contribution in [0, 0.1) is 5.82 Å². The van der Waals surface area contributed by atoms with Crippen molar-refractivity contribution in [1.29, 1.82) is 0 Å². The zero-order chi connectivity index (χ0) is 16.7. The molecule has 0 radical (unpaired) electrons. The van der Waals surface area contributed by atoms with Crippen LogP contribution in [0.4, 0.5) is 10.1 Å². The van der Waals surface area contributed by atoms with Gasteiger partial charge in [0.2, 0.25) is 0 Å². The highest BCUT2D eigenvalue weighted by Crippen LogP contribution is 2.30. The molecule has 0 aliphatic heterocycles. The highest BCUT2D eigenvalue weighted by Gasteiger charge is 2.16. The van der Waals surface area contributed by atoms with Crippen LogP contribution in [-0.4, -0.2) is 5.91 Å². The molecule has 0 bridgehead atoms. The quantitative estimate of drug-likeness (QED) is 0.551. The molecule has 24 heavy (non-hydrogen) atoms. The highest BCUT2D eigenvalue weighted by molar-refractivity contribution is 7.21. The van der Waals surface area contributed by atoms with Crippen molar-refractivity contribution in [3.63, 3.8) is 0 Å². The molecule has 118 valence electrons. The van der Waals surface area contributed by atoms with Gasteiger partial charge in [-0.1, -0.05) is 24.3 Å². The monoisotopic (exact) mass is 339 g/mol. The van der Waals surface area contributed by atoms with Gasteiger partial charge in [0.1, 0.15) is 11.4 Å². The molecular formula is C18H10FNO3S. The smallest absolute Gasteiger partial charge is 0.345 e. The van der Waals surface area contributed by atoms with Gasteiger partial charge in [0.25, 0.3) is 5.91 Å². The summed E-state index contributed by atoms with van der Waals surface area (Å²) in [6.07, 6.45) is 0. The van der Waals surface area contributed by atoms with Crippen molar-refractivity contribution < 1.29 is 13.6 Å². The predicted molar refractivity (Wildman–Crippen MR) is 92.2 cm³/mol. The number of amides is 1. The van der Waals surface area contributed by atoms with Gasteiger partial charge in [0.05, 0.1) is 20.7 Å². The van der Waals surface area contributed by atoms with Crippen molar-refractivity contribution in [2.24, 2.45) is 0 Å². The number of benzene rings is 2. The topological polar surface area (TPSA) is 59.3 Å². The largest absolute Gasteiger partial charge is 0.422 e. The van der Waals surface area contributed by atoms with Crippen molar-refractivity contribution in [2.45, 2.75) is 0 Å². The van der Waals surface area contributed by atoms with Gasteiger partial charge in [-0.05, 0) is 30.3 Å². The minimum atomic E-state index is -0.517. The fourth-order valence-electron chi connectivity index (χ4n) is 2.50. The molecule has 0 fully saturated rings. The number of hydrogen-bond acceptors (Lipinski definition) is 4. The molecule has 1 N–H and O–H groups in total. The number of hydrogen-bond donors (Lipinski definition) is 1. The van der Waals surface area contributed by atoms with E-state index in [1.54, 1.807) is 24.3 Å². The summed E-state index contributed by atoms with van der Waals surface area (Å²) in [5.41, 5.74) is 0.0691. The number of halogens is 1. The molecule has 4 aromatic rings. The summed E-state index contributed by atoms with van der Waals surface area (Å²) in [5, 5.41) is 3.63. The first-order valence-corrected chi connectivity index (χ1v) is 7.96. The Bertz CT molecular complexity index is 1150. The average Bonchev–Trinajstić information content (AvgIpc) is 3.03. The predicted octanol–water partition coefficient (Wildman–Crippen LogP) is 4.40. The summed E-state index contributed by atoms with van der Waals surface area (Å²) in [4.78, 5) is 24.8. The first-order chi connectivity index (χ1) is 11.6. The SMILES string of the molecule is O=C(Nc1ccccc1F)c1cc2c(=O)oc3ccccc3c2s1. The first kappa shape index (κ1) is 14.6. The van der Waals surface area contributed by atoms with Gasteiger partial charge in [-0.25, -0.2) is 9.18 Å². The number of rotatable bonds is 2. The van der Waals surface area contributed by atoms with Crippen LogP contribution in [0.15, 0.2) is 63.8 Å². The molecule has 4 rings (SSSR count). The van der Waals surface area contributed by atoms with E-state index in [1.807, 2.05) is 12.1 Å². The van der Waals surface area contributed by atoms with Crippen molar-refractivity contribution >= 4 is 44.0 Å². The lowest BCUT2D eigenvalue weighted by Crippen LogP contribution is -2.11. The highest BCUT2D eigenvalue weighted by atomic mass is 32.1. The molecule has 0 aliphatic rings. The summed E-state index contributed by atoms with van der Waals surface area (Å²) >= 11 is 1.18. The van der Waals surface area contributed by atoms with Gasteiger partial charge in [-0.3, -0.25) is 4.79 Å². The fourth-order valence-corrected chi connectivity index (χ4v) is 3.57. The Morgan fingerprint density at radius 1 is 1.04 bits per heavy atom. The van der Waals surface area contributed by atoms with E-state index < -0.39 is 17.3 Å². The number of anilines is 1. The lowest BCUT2D eigenvalue weighted by atomic mass is 10.2. The number of thiophene rings is 1. The van der Waals surface area contributed by atoms with E-state index in [2.05, 4.69) is 5.32 Å². The molecule has 6 heteroatoms. The summed E-state index contributed by atoms with van der Waals surface area (Å²) in [7, 11) is 0. The van der Waals surface area contributed by atoms with Crippen LogP contribution in [0.5, 0.6) is 0 Å². The zero-order valence-electron chi connectivity index (χ0n) is 12.2. The molecule has 4 nitrogen and oxygen atoms in total. The Hall–Kier alpha value is -2.99. The second-order valence-corrected chi connectivity index (χ2v) is 6.23. The van der Waals surface area contributed by atoms with Crippen molar-refractivity contribution in [1.82, 2.24) is 0 Å². The molecule has 0 spiro atoms. The van der Waals surface area contributed by atoms with E-state index in [9.17, 15) is 14.0 Å². The molecule has 2 aromatic heterocycles. The van der Waals surface area contributed by atoms with Crippen LogP contribution < -0.4 is 10.9 Å². The standard InChI is InChI=1S/C18H10FNO3S/c19-12-6-2-3-7-13(12)20-17(21)15-9-11-16(24-15)10-5-1-4-8-14(10)23-18(11)22/h1-9H,(H,20,21). The Labute approximate surface area is 139 Å². The number of carbonyl (C=O) groups is 1. The normalized spacial score (nSPS) is 11.0. The summed E-state index contributed by atoms with van der Waals surface area (Å²) in [6, 6.07) is 14.5. The van der Waals surface area contributed by atoms with E-state index in [0.29, 0.717) is 20.5 Å². The van der Waals surface area contributed by atoms with Crippen LogP contribution in [0.1, 0.15) is 9.67 Å². The van der Waals surface area contributed by atoms with Gasteiger partial charge < -0.3 is 9.73 Å². The molecule has 1 amide bonds. The molecule has 2 heterocycles. The number of para-hydroxylation sites is 2. The van der Waals surface area contributed by atoms with Gasteiger partial charge in [0.15, 0.2) is 0 Å². The van der Waals surface area contributed by atoms with E-state index in [0.717, 1.165) is 5.39 Å². The van der Waals surface area contributed by atoms with Gasteiger partial charge in [-0.15, -0.1) is 11.3 Å². The molecule has 0 saturated carbocycles. The molecule has 0 saturated heterocycles. The third-order valence-electron chi connectivity index (χ3n) is 3.63. The van der Waals surface area contributed by atoms with Crippen LogP contribution >= 0.6 is 11.3 Å². The van der Waals surface area contributed by atoms with E-state index in [-0.39, 0.29) is 5.69 Å². The maximum absolute atomic E-state index is 13.7. The number of nitrogens with one attached hydrogen (secondary N) is 1. The van der Waals surface area contributed by atoms with Crippen LogP contribution in [-0.2, 0) is 0 Å². The van der Waals surface area contributed by atoms with Gasteiger partial charge in [-0.2, -0.15) is 0 Å². The van der Waals surface area contributed by atoms with Crippen LogP contribution in [0.25, 0.3) is 21.1 Å². The second-order valence-electron chi connectivity index (χ2n) is 5.17. The van der Waals surface area contributed by atoms with E-state index in [4.69, 9.17) is 4.42 Å². The summed E-state index contributed by atoms with van der Waals surface area (Å²) in [5.74, 6) is -0.985. The third-order valence-corrected chi connectivity index (χ3v) is 4.80. The van der Waals surface area contributed by atoms with Crippen molar-refractivity contribution in [2.75, 3.05) is 5.32 Å². The Kier molecular flexibility index (Phi) is 3.39. The Morgan fingerprint density at radius 2 is 1.79 bits per heavy atom. The van der Waals surface area contributed by atoms with Crippen LogP contribution in [0.2, 0.25) is 0 Å². The number of carbonyl (C=O) groups excluding carboxylic acids is 1. The lowest BCUT2D eigenvalue weighted by molar-refractivity contribution is 0.103.